The zero-order valence-corrected chi connectivity index (χ0v) is 16.2. The summed E-state index contributed by atoms with van der Waals surface area (Å²) in [4.78, 5) is 0. The van der Waals surface area contributed by atoms with Crippen LogP contribution in [-0.4, -0.2) is 12.6 Å². The molecule has 3 aromatic rings. The highest BCUT2D eigenvalue weighted by Crippen LogP contribution is 2.40. The van der Waals surface area contributed by atoms with Crippen LogP contribution in [0.15, 0.2) is 91.0 Å². The molecule has 0 bridgehead atoms. The summed E-state index contributed by atoms with van der Waals surface area (Å²) in [6.07, 6.45) is 0.939. The molecule has 3 aromatic carbocycles. The molecule has 0 amide bonds. The van der Waals surface area contributed by atoms with Gasteiger partial charge in [-0.25, -0.2) is 0 Å². The fourth-order valence-electron chi connectivity index (χ4n) is 3.67. The van der Waals surface area contributed by atoms with E-state index in [0.717, 1.165) is 23.1 Å². The molecule has 2 nitrogen and oxygen atoms in total. The maximum atomic E-state index is 6.73. The number of nitrogens with two attached hydrogens (primary N) is 1. The third-order valence-corrected chi connectivity index (χ3v) is 4.83. The van der Waals surface area contributed by atoms with Gasteiger partial charge in [-0.05, 0) is 29.0 Å². The fourth-order valence-corrected chi connectivity index (χ4v) is 3.67. The molecule has 0 aliphatic rings. The zero-order valence-electron chi connectivity index (χ0n) is 16.2. The Bertz CT molecular complexity index is 703. The van der Waals surface area contributed by atoms with Crippen LogP contribution >= 0.6 is 0 Å². The summed E-state index contributed by atoms with van der Waals surface area (Å²) in [6, 6.07) is 31.3. The Hall–Kier alpha value is -2.42. The van der Waals surface area contributed by atoms with E-state index < -0.39 is 5.60 Å². The minimum absolute atomic E-state index is 0.000474. The molecule has 0 saturated heterocycles. The van der Waals surface area contributed by atoms with Crippen molar-refractivity contribution in [1.29, 1.82) is 0 Å². The maximum Gasteiger partial charge on any atom is 0.143 e. The smallest absolute Gasteiger partial charge is 0.143 e. The minimum Gasteiger partial charge on any atom is -0.359 e. The first-order valence-corrected chi connectivity index (χ1v) is 9.69. The predicted octanol–water partition coefficient (Wildman–Crippen LogP) is 5.37. The maximum absolute atomic E-state index is 6.73. The van der Waals surface area contributed by atoms with Gasteiger partial charge in [0.2, 0.25) is 0 Å². The number of hydrogen-bond acceptors (Lipinski definition) is 2. The van der Waals surface area contributed by atoms with E-state index in [-0.39, 0.29) is 6.04 Å². The summed E-state index contributed by atoms with van der Waals surface area (Å²) in [7, 11) is 0. The Morgan fingerprint density at radius 2 is 1.07 bits per heavy atom. The lowest BCUT2D eigenvalue weighted by molar-refractivity contribution is 0.00273. The van der Waals surface area contributed by atoms with Gasteiger partial charge in [0, 0.05) is 6.04 Å². The Balaban J connectivity index is 2.11. The van der Waals surface area contributed by atoms with E-state index in [0.29, 0.717) is 12.5 Å². The van der Waals surface area contributed by atoms with E-state index in [1.54, 1.807) is 0 Å². The monoisotopic (exact) mass is 359 g/mol. The molecule has 0 radical (unpaired) electrons. The topological polar surface area (TPSA) is 35.2 Å². The van der Waals surface area contributed by atoms with Gasteiger partial charge in [-0.15, -0.1) is 0 Å². The van der Waals surface area contributed by atoms with Crippen molar-refractivity contribution in [2.75, 3.05) is 6.61 Å². The van der Waals surface area contributed by atoms with Crippen molar-refractivity contribution in [2.24, 2.45) is 11.7 Å². The van der Waals surface area contributed by atoms with E-state index in [1.807, 2.05) is 18.2 Å². The van der Waals surface area contributed by atoms with Gasteiger partial charge >= 0.3 is 0 Å². The van der Waals surface area contributed by atoms with Crippen LogP contribution in [0.5, 0.6) is 0 Å². The summed E-state index contributed by atoms with van der Waals surface area (Å²) in [5.74, 6) is 0.545. The van der Waals surface area contributed by atoms with Crippen molar-refractivity contribution in [3.8, 4) is 0 Å². The molecule has 2 heteroatoms. The quantitative estimate of drug-likeness (QED) is 0.549. The second kappa shape index (κ2) is 8.98. The zero-order chi connectivity index (χ0) is 19.1. The molecular weight excluding hydrogens is 330 g/mol. The first-order valence-electron chi connectivity index (χ1n) is 9.69. The van der Waals surface area contributed by atoms with E-state index in [1.165, 1.54) is 0 Å². The van der Waals surface area contributed by atoms with Crippen LogP contribution in [0.3, 0.4) is 0 Å². The lowest BCUT2D eigenvalue weighted by Crippen LogP contribution is -2.38. The number of rotatable bonds is 8. The lowest BCUT2D eigenvalue weighted by Gasteiger charge is -2.37. The van der Waals surface area contributed by atoms with Crippen molar-refractivity contribution >= 4 is 0 Å². The molecule has 0 aliphatic heterocycles. The molecule has 0 aliphatic carbocycles. The highest BCUT2D eigenvalue weighted by atomic mass is 16.5. The average Bonchev–Trinajstić information content (AvgIpc) is 2.70. The van der Waals surface area contributed by atoms with E-state index in [9.17, 15) is 0 Å². The van der Waals surface area contributed by atoms with Crippen LogP contribution < -0.4 is 5.73 Å². The Morgan fingerprint density at radius 3 is 1.41 bits per heavy atom. The van der Waals surface area contributed by atoms with Crippen LogP contribution in [0.25, 0.3) is 0 Å². The SMILES string of the molecule is CC(C)C[C@H](N)COC(c1ccccc1)(c1ccccc1)c1ccccc1. The van der Waals surface area contributed by atoms with Crippen molar-refractivity contribution < 1.29 is 4.74 Å². The summed E-state index contributed by atoms with van der Waals surface area (Å²) >= 11 is 0. The van der Waals surface area contributed by atoms with Crippen molar-refractivity contribution in [3.63, 3.8) is 0 Å². The molecule has 140 valence electrons. The second-order valence-electron chi connectivity index (χ2n) is 7.48. The minimum atomic E-state index is -0.682. The van der Waals surface area contributed by atoms with E-state index in [4.69, 9.17) is 10.5 Å². The normalized spacial score (nSPS) is 12.9. The number of hydrogen-bond donors (Lipinski definition) is 1. The molecule has 1 atom stereocenters. The third-order valence-electron chi connectivity index (χ3n) is 4.83. The first kappa shape index (κ1) is 19.3. The standard InChI is InChI=1S/C25H29NO/c1-20(2)18-24(26)19-27-25(21-12-6-3-7-13-21,22-14-8-4-9-15-22)23-16-10-5-11-17-23/h3-17,20,24H,18-19,26H2,1-2H3/t24-/m0/s1. The molecule has 0 unspecified atom stereocenters. The van der Waals surface area contributed by atoms with Gasteiger partial charge in [0.1, 0.15) is 5.60 Å². The fraction of sp³-hybridized carbons (Fsp3) is 0.280. The molecular formula is C25H29NO. The van der Waals surface area contributed by atoms with Crippen LogP contribution in [0.1, 0.15) is 37.0 Å². The Kier molecular flexibility index (Phi) is 6.44. The molecule has 2 N–H and O–H groups in total. The van der Waals surface area contributed by atoms with Crippen LogP contribution in [-0.2, 0) is 10.3 Å². The lowest BCUT2D eigenvalue weighted by atomic mass is 9.80. The summed E-state index contributed by atoms with van der Waals surface area (Å²) < 4.78 is 6.73. The highest BCUT2D eigenvalue weighted by molar-refractivity contribution is 5.47. The number of ether oxygens (including phenoxy) is 1. The van der Waals surface area contributed by atoms with Crippen molar-refractivity contribution in [1.82, 2.24) is 0 Å². The predicted molar refractivity (Wildman–Crippen MR) is 113 cm³/mol. The van der Waals surface area contributed by atoms with Crippen LogP contribution in [0.2, 0.25) is 0 Å². The molecule has 0 spiro atoms. The molecule has 0 saturated carbocycles. The molecule has 3 rings (SSSR count). The summed E-state index contributed by atoms with van der Waals surface area (Å²) in [5.41, 5.74) is 9.04. The van der Waals surface area contributed by atoms with Crippen molar-refractivity contribution in [2.45, 2.75) is 31.9 Å². The van der Waals surface area contributed by atoms with Gasteiger partial charge in [-0.3, -0.25) is 0 Å². The van der Waals surface area contributed by atoms with Gasteiger partial charge in [0.15, 0.2) is 0 Å². The Labute approximate surface area is 163 Å². The van der Waals surface area contributed by atoms with Crippen molar-refractivity contribution in [3.05, 3.63) is 108 Å². The molecule has 0 heterocycles. The summed E-state index contributed by atoms with van der Waals surface area (Å²) in [5, 5.41) is 0. The van der Waals surface area contributed by atoms with E-state index >= 15 is 0 Å². The average molecular weight is 360 g/mol. The number of benzene rings is 3. The van der Waals surface area contributed by atoms with Gasteiger partial charge in [-0.2, -0.15) is 0 Å². The molecule has 0 aromatic heterocycles. The van der Waals surface area contributed by atoms with E-state index in [2.05, 4.69) is 86.6 Å². The summed E-state index contributed by atoms with van der Waals surface area (Å²) in [6.45, 7) is 4.88. The van der Waals surface area contributed by atoms with Crippen LogP contribution in [0, 0.1) is 5.92 Å². The molecule has 0 fully saturated rings. The van der Waals surface area contributed by atoms with Gasteiger partial charge in [0.05, 0.1) is 6.61 Å². The highest BCUT2D eigenvalue weighted by Gasteiger charge is 2.37. The van der Waals surface area contributed by atoms with Crippen LogP contribution in [0.4, 0.5) is 0 Å². The van der Waals surface area contributed by atoms with Gasteiger partial charge in [-0.1, -0.05) is 105 Å². The third kappa shape index (κ3) is 4.47. The largest absolute Gasteiger partial charge is 0.359 e. The van der Waals surface area contributed by atoms with Gasteiger partial charge < -0.3 is 10.5 Å². The first-order chi connectivity index (χ1) is 13.1. The molecule has 27 heavy (non-hydrogen) atoms. The van der Waals surface area contributed by atoms with Gasteiger partial charge in [0.25, 0.3) is 0 Å². The Morgan fingerprint density at radius 1 is 0.704 bits per heavy atom. The second-order valence-corrected chi connectivity index (χ2v) is 7.48.